The molecule has 0 aromatic rings. The Hall–Kier alpha value is -0.913. The van der Waals surface area contributed by atoms with E-state index < -0.39 is 19.9 Å². The fourth-order valence-electron chi connectivity index (χ4n) is 3.17. The Morgan fingerprint density at radius 2 is 1.86 bits per heavy atom. The van der Waals surface area contributed by atoms with Crippen molar-refractivity contribution >= 4 is 14.3 Å². The molecule has 0 heterocycles. The topological polar surface area (TPSA) is 66.8 Å². The van der Waals surface area contributed by atoms with E-state index in [4.69, 9.17) is 9.53 Å². The Kier molecular flexibility index (Phi) is 6.18. The predicted molar refractivity (Wildman–Crippen MR) is 91.3 cm³/mol. The second-order valence-corrected chi connectivity index (χ2v) is 12.2. The molecule has 0 saturated heterocycles. The Morgan fingerprint density at radius 3 is 2.32 bits per heavy atom. The van der Waals surface area contributed by atoms with Crippen molar-refractivity contribution in [2.75, 3.05) is 0 Å². The van der Waals surface area contributed by atoms with Crippen LogP contribution in [0.3, 0.4) is 0 Å². The summed E-state index contributed by atoms with van der Waals surface area (Å²) in [6.07, 6.45) is 7.03. The van der Waals surface area contributed by atoms with Gasteiger partial charge in [0, 0.05) is 12.0 Å². The van der Waals surface area contributed by atoms with Crippen molar-refractivity contribution in [2.24, 2.45) is 11.8 Å². The van der Waals surface area contributed by atoms with Crippen LogP contribution < -0.4 is 0 Å². The number of carboxylic acids is 1. The highest BCUT2D eigenvalue weighted by Crippen LogP contribution is 2.42. The molecule has 4 nitrogen and oxygen atoms in total. The van der Waals surface area contributed by atoms with Crippen molar-refractivity contribution in [3.05, 3.63) is 23.8 Å². The van der Waals surface area contributed by atoms with Gasteiger partial charge in [-0.1, -0.05) is 12.2 Å². The van der Waals surface area contributed by atoms with Crippen LogP contribution in [0.1, 0.15) is 33.6 Å². The lowest BCUT2D eigenvalue weighted by Crippen LogP contribution is -2.39. The fourth-order valence-corrected chi connectivity index (χ4v) is 4.35. The maximum atomic E-state index is 10.7. The molecule has 0 spiro atoms. The van der Waals surface area contributed by atoms with E-state index in [1.165, 1.54) is 6.08 Å². The summed E-state index contributed by atoms with van der Waals surface area (Å²) in [4.78, 5) is 10.7. The summed E-state index contributed by atoms with van der Waals surface area (Å²) in [6.45, 7) is 12.0. The van der Waals surface area contributed by atoms with Gasteiger partial charge in [0.05, 0.1) is 11.7 Å². The molecule has 2 N–H and O–H groups in total. The number of hydrogen-bond donors (Lipinski definition) is 2. The fraction of sp³-hybridized carbons (Fsp3) is 0.706. The summed E-state index contributed by atoms with van der Waals surface area (Å²) in [5.74, 6) is -0.700. The van der Waals surface area contributed by atoms with Crippen LogP contribution >= 0.6 is 0 Å². The molecule has 1 aliphatic carbocycles. The van der Waals surface area contributed by atoms with Gasteiger partial charge in [0.1, 0.15) is 0 Å². The van der Waals surface area contributed by atoms with Gasteiger partial charge < -0.3 is 14.6 Å². The highest BCUT2D eigenvalue weighted by Gasteiger charge is 2.43. The zero-order valence-corrected chi connectivity index (χ0v) is 15.6. The second kappa shape index (κ2) is 7.11. The molecule has 0 bridgehead atoms. The lowest BCUT2D eigenvalue weighted by atomic mass is 9.81. The van der Waals surface area contributed by atoms with Crippen LogP contribution in [0.4, 0.5) is 0 Å². The lowest BCUT2D eigenvalue weighted by molar-refractivity contribution is -0.131. The minimum Gasteiger partial charge on any atom is -0.478 e. The number of hydrogen-bond acceptors (Lipinski definition) is 3. The number of carbonyl (C=O) groups is 1. The van der Waals surface area contributed by atoms with E-state index in [0.717, 1.165) is 12.8 Å². The molecule has 0 aliphatic heterocycles. The zero-order chi connectivity index (χ0) is 17.1. The van der Waals surface area contributed by atoms with Crippen LogP contribution in [-0.2, 0) is 9.22 Å². The third-order valence-electron chi connectivity index (χ3n) is 4.00. The van der Waals surface area contributed by atoms with E-state index in [1.807, 2.05) is 26.0 Å². The third-order valence-corrected chi connectivity index (χ3v) is 5.01. The van der Waals surface area contributed by atoms with Crippen LogP contribution in [0.5, 0.6) is 0 Å². The van der Waals surface area contributed by atoms with Gasteiger partial charge in [0.25, 0.3) is 0 Å². The highest BCUT2D eigenvalue weighted by atomic mass is 28.4. The van der Waals surface area contributed by atoms with E-state index in [0.29, 0.717) is 5.57 Å². The SMILES string of the molecule is CC(C=CC1C(O[Si](C)(C)C)CCC1C(C)(C)O)=CC(=O)O. The summed E-state index contributed by atoms with van der Waals surface area (Å²) in [7, 11) is -1.66. The quantitative estimate of drug-likeness (QED) is 0.445. The average molecular weight is 327 g/mol. The van der Waals surface area contributed by atoms with Crippen molar-refractivity contribution in [3.63, 3.8) is 0 Å². The van der Waals surface area contributed by atoms with Gasteiger partial charge in [-0.25, -0.2) is 4.79 Å². The Bertz CT molecular complexity index is 454. The van der Waals surface area contributed by atoms with E-state index in [2.05, 4.69) is 19.6 Å². The molecule has 1 aliphatic rings. The molecule has 22 heavy (non-hydrogen) atoms. The molecule has 1 saturated carbocycles. The molecular formula is C17H30O4Si. The average Bonchev–Trinajstić information content (AvgIpc) is 2.65. The number of rotatable bonds is 6. The molecule has 3 unspecified atom stereocenters. The van der Waals surface area contributed by atoms with Crippen molar-refractivity contribution in [2.45, 2.75) is 65.0 Å². The number of aliphatic hydroxyl groups is 1. The number of allylic oxidation sites excluding steroid dienone is 2. The highest BCUT2D eigenvalue weighted by molar-refractivity contribution is 6.69. The van der Waals surface area contributed by atoms with Crippen LogP contribution in [0.15, 0.2) is 23.8 Å². The largest absolute Gasteiger partial charge is 0.478 e. The molecule has 5 heteroatoms. The van der Waals surface area contributed by atoms with Gasteiger partial charge >= 0.3 is 5.97 Å². The predicted octanol–water partition coefficient (Wildman–Crippen LogP) is 3.59. The molecular weight excluding hydrogens is 296 g/mol. The maximum Gasteiger partial charge on any atom is 0.328 e. The first-order valence-electron chi connectivity index (χ1n) is 7.90. The summed E-state index contributed by atoms with van der Waals surface area (Å²) in [6, 6.07) is 0. The summed E-state index contributed by atoms with van der Waals surface area (Å²) >= 11 is 0. The molecule has 1 rings (SSSR count). The summed E-state index contributed by atoms with van der Waals surface area (Å²) in [5, 5.41) is 19.2. The molecule has 3 atom stereocenters. The standard InChI is InChI=1S/C17H30O4Si/c1-12(11-16(18)19)7-8-13-14(17(2,3)20)9-10-15(13)21-22(4,5)6/h7-8,11,13-15,20H,9-10H2,1-6H3,(H,18,19). The van der Waals surface area contributed by atoms with Crippen LogP contribution in [0.25, 0.3) is 0 Å². The monoisotopic (exact) mass is 326 g/mol. The summed E-state index contributed by atoms with van der Waals surface area (Å²) < 4.78 is 6.29. The first kappa shape index (κ1) is 19.1. The van der Waals surface area contributed by atoms with Gasteiger partial charge in [-0.3, -0.25) is 0 Å². The second-order valence-electron chi connectivity index (χ2n) is 7.77. The number of carboxylic acid groups (broad SMARTS) is 1. The van der Waals surface area contributed by atoms with E-state index in [-0.39, 0.29) is 17.9 Å². The van der Waals surface area contributed by atoms with Crippen molar-refractivity contribution in [1.82, 2.24) is 0 Å². The molecule has 0 aromatic heterocycles. The van der Waals surface area contributed by atoms with E-state index in [9.17, 15) is 9.90 Å². The van der Waals surface area contributed by atoms with Crippen molar-refractivity contribution in [1.29, 1.82) is 0 Å². The smallest absolute Gasteiger partial charge is 0.328 e. The van der Waals surface area contributed by atoms with E-state index in [1.54, 1.807) is 6.92 Å². The first-order valence-corrected chi connectivity index (χ1v) is 11.3. The van der Waals surface area contributed by atoms with Crippen LogP contribution in [-0.4, -0.2) is 36.2 Å². The number of aliphatic carboxylic acids is 1. The van der Waals surface area contributed by atoms with Crippen molar-refractivity contribution < 1.29 is 19.4 Å². The van der Waals surface area contributed by atoms with Crippen molar-refractivity contribution in [3.8, 4) is 0 Å². The molecule has 1 fully saturated rings. The van der Waals surface area contributed by atoms with Crippen LogP contribution in [0.2, 0.25) is 19.6 Å². The lowest BCUT2D eigenvalue weighted by Gasteiger charge is -2.33. The molecule has 0 aromatic carbocycles. The summed E-state index contributed by atoms with van der Waals surface area (Å²) in [5.41, 5.74) is -0.0718. The van der Waals surface area contributed by atoms with Gasteiger partial charge in [-0.15, -0.1) is 0 Å². The Labute approximate surface area is 135 Å². The zero-order valence-electron chi connectivity index (χ0n) is 14.6. The maximum absolute atomic E-state index is 10.7. The molecule has 0 amide bonds. The van der Waals surface area contributed by atoms with Gasteiger partial charge in [0.2, 0.25) is 0 Å². The molecule has 0 radical (unpaired) electrons. The van der Waals surface area contributed by atoms with E-state index >= 15 is 0 Å². The minimum absolute atomic E-state index is 0.108. The van der Waals surface area contributed by atoms with Crippen LogP contribution in [0, 0.1) is 11.8 Å². The Morgan fingerprint density at radius 1 is 1.27 bits per heavy atom. The Balaban J connectivity index is 2.97. The van der Waals surface area contributed by atoms with Gasteiger partial charge in [-0.2, -0.15) is 0 Å². The molecule has 126 valence electrons. The first-order chi connectivity index (χ1) is 9.90. The normalized spacial score (nSPS) is 27.6. The van der Waals surface area contributed by atoms with Gasteiger partial charge in [0.15, 0.2) is 8.32 Å². The third kappa shape index (κ3) is 6.06. The van der Waals surface area contributed by atoms with Gasteiger partial charge in [-0.05, 0) is 64.7 Å². The minimum atomic E-state index is -1.66.